The first-order valence-electron chi connectivity index (χ1n) is 9.66. The molecule has 3 rings (SSSR count). The fraction of sp³-hybridized carbons (Fsp3) is 0.476. The molecule has 0 spiro atoms. The zero-order valence-corrected chi connectivity index (χ0v) is 19.2. The smallest absolute Gasteiger partial charge is 0.410 e. The summed E-state index contributed by atoms with van der Waals surface area (Å²) in [5.74, 6) is 0.801. The van der Waals surface area contributed by atoms with Gasteiger partial charge in [0.15, 0.2) is 0 Å². The predicted octanol–water partition coefficient (Wildman–Crippen LogP) is 5.61. The molecule has 6 nitrogen and oxygen atoms in total. The standard InChI is InChI=1S/C21H25BrN2O4S/c1-4-21(2,3)28-20(26)24-7-5-14(6-8-24)19-23-18(12-29-19)15-9-16(22)11-17(10-15)27-13-25/h9-14H,4-8H2,1-3H3. The first-order valence-corrected chi connectivity index (χ1v) is 11.3. The number of hydrogen-bond donors (Lipinski definition) is 0. The monoisotopic (exact) mass is 480 g/mol. The highest BCUT2D eigenvalue weighted by Crippen LogP contribution is 2.35. The molecule has 1 amide bonds. The number of carbonyl (C=O) groups excluding carboxylic acids is 2. The fourth-order valence-electron chi connectivity index (χ4n) is 3.12. The van der Waals surface area contributed by atoms with Gasteiger partial charge in [-0.15, -0.1) is 11.3 Å². The van der Waals surface area contributed by atoms with Gasteiger partial charge in [-0.05, 0) is 51.3 Å². The van der Waals surface area contributed by atoms with Crippen molar-refractivity contribution in [3.8, 4) is 17.0 Å². The van der Waals surface area contributed by atoms with Crippen LogP contribution in [0.15, 0.2) is 28.1 Å². The van der Waals surface area contributed by atoms with Crippen LogP contribution in [0.4, 0.5) is 4.79 Å². The van der Waals surface area contributed by atoms with Crippen molar-refractivity contribution in [2.24, 2.45) is 0 Å². The Morgan fingerprint density at radius 3 is 2.72 bits per heavy atom. The van der Waals surface area contributed by atoms with Gasteiger partial charge in [0.1, 0.15) is 11.4 Å². The van der Waals surface area contributed by atoms with Crippen molar-refractivity contribution in [2.75, 3.05) is 13.1 Å². The summed E-state index contributed by atoms with van der Waals surface area (Å²) < 4.78 is 11.4. The van der Waals surface area contributed by atoms with E-state index in [0.29, 0.717) is 31.2 Å². The number of ether oxygens (including phenoxy) is 2. The van der Waals surface area contributed by atoms with Gasteiger partial charge in [0.2, 0.25) is 0 Å². The van der Waals surface area contributed by atoms with Crippen molar-refractivity contribution in [1.29, 1.82) is 0 Å². The molecule has 1 aromatic heterocycles. The number of benzene rings is 1. The number of amides is 1. The summed E-state index contributed by atoms with van der Waals surface area (Å²) >= 11 is 5.07. The number of thiazole rings is 1. The Hall–Kier alpha value is -1.93. The Morgan fingerprint density at radius 2 is 2.07 bits per heavy atom. The molecule has 1 aliphatic rings. The highest BCUT2D eigenvalue weighted by atomic mass is 79.9. The van der Waals surface area contributed by atoms with Crippen LogP contribution in [0.5, 0.6) is 5.75 Å². The van der Waals surface area contributed by atoms with E-state index in [4.69, 9.17) is 14.5 Å². The minimum Gasteiger partial charge on any atom is -0.443 e. The summed E-state index contributed by atoms with van der Waals surface area (Å²) in [5.41, 5.74) is 1.31. The summed E-state index contributed by atoms with van der Waals surface area (Å²) in [6, 6.07) is 5.48. The number of carbonyl (C=O) groups is 2. The zero-order chi connectivity index (χ0) is 21.0. The molecular formula is C21H25BrN2O4S. The largest absolute Gasteiger partial charge is 0.443 e. The normalized spacial score (nSPS) is 15.2. The van der Waals surface area contributed by atoms with Crippen LogP contribution in [0.25, 0.3) is 11.3 Å². The first kappa shape index (κ1) is 21.8. The molecule has 0 saturated carbocycles. The molecule has 8 heteroatoms. The third-order valence-electron chi connectivity index (χ3n) is 5.19. The van der Waals surface area contributed by atoms with E-state index in [2.05, 4.69) is 15.9 Å². The second-order valence-electron chi connectivity index (χ2n) is 7.70. The molecule has 1 aliphatic heterocycles. The third kappa shape index (κ3) is 5.57. The Labute approximate surface area is 183 Å². The molecule has 0 atom stereocenters. The summed E-state index contributed by atoms with van der Waals surface area (Å²) in [4.78, 5) is 29.6. The Bertz CT molecular complexity index is 875. The Morgan fingerprint density at radius 1 is 1.34 bits per heavy atom. The SMILES string of the molecule is CCC(C)(C)OC(=O)N1CCC(c2nc(-c3cc(Br)cc(OC=O)c3)cs2)CC1. The maximum absolute atomic E-state index is 12.4. The molecule has 0 aliphatic carbocycles. The van der Waals surface area contributed by atoms with Crippen LogP contribution in [-0.2, 0) is 9.53 Å². The van der Waals surface area contributed by atoms with Crippen LogP contribution in [0.1, 0.15) is 51.0 Å². The van der Waals surface area contributed by atoms with E-state index in [1.54, 1.807) is 28.4 Å². The lowest BCUT2D eigenvalue weighted by Crippen LogP contribution is -2.42. The lowest BCUT2D eigenvalue weighted by Gasteiger charge is -2.33. The molecule has 0 radical (unpaired) electrons. The number of nitrogens with zero attached hydrogens (tertiary/aromatic N) is 2. The maximum Gasteiger partial charge on any atom is 0.410 e. The van der Waals surface area contributed by atoms with Crippen LogP contribution < -0.4 is 4.74 Å². The van der Waals surface area contributed by atoms with Crippen LogP contribution in [-0.4, -0.2) is 41.1 Å². The van der Waals surface area contributed by atoms with Gasteiger partial charge in [0.25, 0.3) is 6.47 Å². The number of halogens is 1. The van der Waals surface area contributed by atoms with Crippen LogP contribution in [0.3, 0.4) is 0 Å². The molecule has 2 heterocycles. The molecular weight excluding hydrogens is 456 g/mol. The lowest BCUT2D eigenvalue weighted by molar-refractivity contribution is -0.120. The van der Waals surface area contributed by atoms with Gasteiger partial charge < -0.3 is 14.4 Å². The number of piperidine rings is 1. The van der Waals surface area contributed by atoms with Crippen LogP contribution in [0, 0.1) is 0 Å². The van der Waals surface area contributed by atoms with Gasteiger partial charge >= 0.3 is 6.09 Å². The summed E-state index contributed by atoms with van der Waals surface area (Å²) in [5, 5.41) is 3.09. The fourth-order valence-corrected chi connectivity index (χ4v) is 4.60. The molecule has 0 bridgehead atoms. The minimum absolute atomic E-state index is 0.230. The van der Waals surface area contributed by atoms with Gasteiger partial charge in [-0.2, -0.15) is 0 Å². The highest BCUT2D eigenvalue weighted by molar-refractivity contribution is 9.10. The van der Waals surface area contributed by atoms with E-state index in [0.717, 1.165) is 40.0 Å². The van der Waals surface area contributed by atoms with E-state index in [-0.39, 0.29) is 6.09 Å². The molecule has 29 heavy (non-hydrogen) atoms. The van der Waals surface area contributed by atoms with Gasteiger partial charge in [0.05, 0.1) is 10.7 Å². The van der Waals surface area contributed by atoms with Crippen molar-refractivity contribution < 1.29 is 19.1 Å². The molecule has 2 aromatic rings. The average molecular weight is 481 g/mol. The van der Waals surface area contributed by atoms with Crippen LogP contribution in [0.2, 0.25) is 0 Å². The van der Waals surface area contributed by atoms with Crippen molar-refractivity contribution >= 4 is 39.8 Å². The third-order valence-corrected chi connectivity index (χ3v) is 6.66. The molecule has 0 unspecified atom stereocenters. The number of aromatic nitrogens is 1. The molecule has 1 saturated heterocycles. The van der Waals surface area contributed by atoms with E-state index in [9.17, 15) is 9.59 Å². The summed E-state index contributed by atoms with van der Waals surface area (Å²) in [6.45, 7) is 7.64. The van der Waals surface area contributed by atoms with Crippen molar-refractivity contribution in [3.63, 3.8) is 0 Å². The summed E-state index contributed by atoms with van der Waals surface area (Å²) in [6.07, 6.45) is 2.29. The topological polar surface area (TPSA) is 68.7 Å². The van der Waals surface area contributed by atoms with Crippen LogP contribution >= 0.6 is 27.3 Å². The van der Waals surface area contributed by atoms with Crippen molar-refractivity contribution in [2.45, 2.75) is 51.6 Å². The van der Waals surface area contributed by atoms with E-state index < -0.39 is 5.60 Å². The zero-order valence-electron chi connectivity index (χ0n) is 16.8. The maximum atomic E-state index is 12.4. The number of hydrogen-bond acceptors (Lipinski definition) is 6. The van der Waals surface area contributed by atoms with Gasteiger partial charge in [0, 0.05) is 34.4 Å². The molecule has 1 fully saturated rings. The summed E-state index contributed by atoms with van der Waals surface area (Å²) in [7, 11) is 0. The second kappa shape index (κ2) is 9.26. The molecule has 0 N–H and O–H groups in total. The second-order valence-corrected chi connectivity index (χ2v) is 9.51. The quantitative estimate of drug-likeness (QED) is 0.502. The average Bonchev–Trinajstić information content (AvgIpc) is 3.18. The number of likely N-dealkylation sites (tertiary alicyclic amines) is 1. The number of rotatable bonds is 6. The van der Waals surface area contributed by atoms with E-state index in [1.807, 2.05) is 32.2 Å². The first-order chi connectivity index (χ1) is 13.8. The van der Waals surface area contributed by atoms with Gasteiger partial charge in [-0.25, -0.2) is 9.78 Å². The van der Waals surface area contributed by atoms with E-state index in [1.165, 1.54) is 0 Å². The Balaban J connectivity index is 1.64. The molecule has 156 valence electrons. The van der Waals surface area contributed by atoms with Gasteiger partial charge in [-0.1, -0.05) is 22.9 Å². The van der Waals surface area contributed by atoms with Gasteiger partial charge in [-0.3, -0.25) is 4.79 Å². The minimum atomic E-state index is -0.436. The predicted molar refractivity (Wildman–Crippen MR) is 116 cm³/mol. The lowest BCUT2D eigenvalue weighted by atomic mass is 9.98. The Kier molecular flexibility index (Phi) is 6.95. The molecule has 1 aromatic carbocycles. The van der Waals surface area contributed by atoms with E-state index >= 15 is 0 Å². The van der Waals surface area contributed by atoms with Crippen molar-refractivity contribution in [3.05, 3.63) is 33.1 Å². The highest BCUT2D eigenvalue weighted by Gasteiger charge is 2.29. The van der Waals surface area contributed by atoms with Crippen molar-refractivity contribution in [1.82, 2.24) is 9.88 Å².